The first-order valence-corrected chi connectivity index (χ1v) is 9.39. The lowest BCUT2D eigenvalue weighted by Crippen LogP contribution is -2.51. The smallest absolute Gasteiger partial charge is 0.429 e. The maximum atomic E-state index is 13.9. The lowest BCUT2D eigenvalue weighted by molar-refractivity contribution is -0.155. The molecule has 4 atom stereocenters. The zero-order valence-corrected chi connectivity index (χ0v) is 16.5. The SMILES string of the molecule is CCOC(=O)C1C(C(F)(F)F)=NC(C=O)C(C(=O)OCC)C1c1cccc2nonc12. The highest BCUT2D eigenvalue weighted by Crippen LogP contribution is 2.45. The normalized spacial score (nSPS) is 23.8. The average molecular weight is 441 g/mol. The van der Waals surface area contributed by atoms with Gasteiger partial charge in [0.1, 0.15) is 35.0 Å². The number of hydrogen-bond acceptors (Lipinski definition) is 9. The van der Waals surface area contributed by atoms with Crippen LogP contribution >= 0.6 is 0 Å². The van der Waals surface area contributed by atoms with E-state index in [0.717, 1.165) is 0 Å². The van der Waals surface area contributed by atoms with Crippen molar-refractivity contribution in [2.75, 3.05) is 13.2 Å². The van der Waals surface area contributed by atoms with Crippen LogP contribution in [0.15, 0.2) is 27.8 Å². The lowest BCUT2D eigenvalue weighted by atomic mass is 9.69. The van der Waals surface area contributed by atoms with Crippen molar-refractivity contribution in [2.24, 2.45) is 16.8 Å². The molecule has 0 bridgehead atoms. The van der Waals surface area contributed by atoms with Gasteiger partial charge in [0.15, 0.2) is 0 Å². The van der Waals surface area contributed by atoms with Crippen LogP contribution in [0.2, 0.25) is 0 Å². The van der Waals surface area contributed by atoms with Crippen LogP contribution in [0, 0.1) is 11.8 Å². The van der Waals surface area contributed by atoms with Gasteiger partial charge in [-0.05, 0) is 35.8 Å². The molecule has 4 unspecified atom stereocenters. The van der Waals surface area contributed by atoms with Crippen molar-refractivity contribution >= 4 is 35.0 Å². The van der Waals surface area contributed by atoms with Crippen LogP contribution in [-0.2, 0) is 23.9 Å². The number of esters is 2. The van der Waals surface area contributed by atoms with E-state index < -0.39 is 47.6 Å². The van der Waals surface area contributed by atoms with Gasteiger partial charge < -0.3 is 14.3 Å². The Labute approximate surface area is 173 Å². The summed E-state index contributed by atoms with van der Waals surface area (Å²) < 4.78 is 56.3. The van der Waals surface area contributed by atoms with Gasteiger partial charge in [-0.1, -0.05) is 12.1 Å². The Kier molecular flexibility index (Phi) is 6.37. The number of alkyl halides is 3. The number of nitrogens with zero attached hydrogens (tertiary/aromatic N) is 3. The summed E-state index contributed by atoms with van der Waals surface area (Å²) in [6, 6.07) is 2.60. The summed E-state index contributed by atoms with van der Waals surface area (Å²) in [5.74, 6) is -7.29. The summed E-state index contributed by atoms with van der Waals surface area (Å²) in [5, 5.41) is 7.36. The standard InChI is InChI=1S/C19H18F3N3O6/c1-3-29-17(27)13-11(8-26)23-16(19(20,21)22)14(18(28)30-4-2)12(13)9-6-5-7-10-15(9)25-31-24-10/h5-8,11-14H,3-4H2,1-2H3. The summed E-state index contributed by atoms with van der Waals surface area (Å²) in [4.78, 5) is 40.6. The van der Waals surface area contributed by atoms with Gasteiger partial charge in [-0.15, -0.1) is 0 Å². The van der Waals surface area contributed by atoms with Crippen LogP contribution in [-0.4, -0.2) is 59.7 Å². The number of fused-ring (bicyclic) bond motifs is 1. The first-order valence-electron chi connectivity index (χ1n) is 9.39. The fourth-order valence-electron chi connectivity index (χ4n) is 3.76. The highest BCUT2D eigenvalue weighted by molar-refractivity contribution is 6.08. The molecule has 1 aromatic carbocycles. The second-order valence-electron chi connectivity index (χ2n) is 6.65. The van der Waals surface area contributed by atoms with Crippen molar-refractivity contribution in [3.8, 4) is 0 Å². The summed E-state index contributed by atoms with van der Waals surface area (Å²) in [7, 11) is 0. The number of hydrogen-bond donors (Lipinski definition) is 0. The Bertz CT molecular complexity index is 1020. The maximum absolute atomic E-state index is 13.9. The quantitative estimate of drug-likeness (QED) is 0.494. The molecule has 31 heavy (non-hydrogen) atoms. The number of aromatic nitrogens is 2. The molecule has 9 nitrogen and oxygen atoms in total. The summed E-state index contributed by atoms with van der Waals surface area (Å²) in [6.07, 6.45) is -4.94. The molecule has 0 saturated heterocycles. The van der Waals surface area contributed by atoms with Gasteiger partial charge >= 0.3 is 18.1 Å². The number of rotatable bonds is 6. The minimum atomic E-state index is -5.06. The third kappa shape index (κ3) is 4.14. The van der Waals surface area contributed by atoms with Crippen molar-refractivity contribution in [2.45, 2.75) is 32.0 Å². The molecule has 1 aromatic heterocycles. The zero-order valence-electron chi connectivity index (χ0n) is 16.5. The van der Waals surface area contributed by atoms with E-state index in [2.05, 4.69) is 19.9 Å². The van der Waals surface area contributed by atoms with Gasteiger partial charge in [-0.25, -0.2) is 4.63 Å². The second kappa shape index (κ2) is 8.82. The molecule has 2 heterocycles. The molecule has 0 aliphatic carbocycles. The van der Waals surface area contributed by atoms with Crippen molar-refractivity contribution in [3.63, 3.8) is 0 Å². The molecule has 0 spiro atoms. The van der Waals surface area contributed by atoms with Gasteiger partial charge in [0.05, 0.1) is 19.1 Å². The zero-order chi connectivity index (χ0) is 22.8. The molecule has 166 valence electrons. The van der Waals surface area contributed by atoms with Crippen molar-refractivity contribution in [1.29, 1.82) is 0 Å². The van der Waals surface area contributed by atoms with Crippen LogP contribution in [0.3, 0.4) is 0 Å². The minimum absolute atomic E-state index is 0.0455. The largest absolute Gasteiger partial charge is 0.466 e. The topological polar surface area (TPSA) is 121 Å². The predicted molar refractivity (Wildman–Crippen MR) is 98.1 cm³/mol. The molecule has 0 saturated carbocycles. The molecule has 1 aliphatic rings. The number of benzene rings is 1. The lowest BCUT2D eigenvalue weighted by Gasteiger charge is -2.38. The summed E-state index contributed by atoms with van der Waals surface area (Å²) in [6.45, 7) is 2.63. The predicted octanol–water partition coefficient (Wildman–Crippen LogP) is 2.25. The van der Waals surface area contributed by atoms with Crippen LogP contribution < -0.4 is 0 Å². The number of carbonyl (C=O) groups is 3. The molecule has 0 radical (unpaired) electrons. The monoisotopic (exact) mass is 441 g/mol. The van der Waals surface area contributed by atoms with Crippen molar-refractivity contribution in [1.82, 2.24) is 10.3 Å². The Hall–Kier alpha value is -3.31. The van der Waals surface area contributed by atoms with Gasteiger partial charge in [-0.2, -0.15) is 13.2 Å². The van der Waals surface area contributed by atoms with Crippen LogP contribution in [0.5, 0.6) is 0 Å². The Morgan fingerprint density at radius 3 is 2.42 bits per heavy atom. The van der Waals surface area contributed by atoms with Crippen LogP contribution in [0.4, 0.5) is 13.2 Å². The first-order chi connectivity index (χ1) is 14.7. The van der Waals surface area contributed by atoms with E-state index in [-0.39, 0.29) is 36.1 Å². The highest BCUT2D eigenvalue weighted by atomic mass is 19.4. The van der Waals surface area contributed by atoms with Crippen molar-refractivity contribution < 1.29 is 41.7 Å². The molecule has 12 heteroatoms. The Morgan fingerprint density at radius 1 is 1.13 bits per heavy atom. The third-order valence-electron chi connectivity index (χ3n) is 4.90. The molecule has 2 aromatic rings. The third-order valence-corrected chi connectivity index (χ3v) is 4.90. The molecule has 0 N–H and O–H groups in total. The molecule has 1 aliphatic heterocycles. The average Bonchev–Trinajstić information content (AvgIpc) is 3.20. The summed E-state index contributed by atoms with van der Waals surface area (Å²) >= 11 is 0. The fraction of sp³-hybridized carbons (Fsp3) is 0.474. The highest BCUT2D eigenvalue weighted by Gasteiger charge is 2.57. The molecule has 3 rings (SSSR count). The summed E-state index contributed by atoms with van der Waals surface area (Å²) in [5.41, 5.74) is -1.22. The van der Waals surface area contributed by atoms with E-state index in [1.807, 2.05) is 0 Å². The number of aliphatic imine (C=N–C) groups is 1. The molecule has 0 amide bonds. The van der Waals surface area contributed by atoms with Gasteiger partial charge in [0.25, 0.3) is 0 Å². The van der Waals surface area contributed by atoms with Crippen molar-refractivity contribution in [3.05, 3.63) is 23.8 Å². The Morgan fingerprint density at radius 2 is 1.81 bits per heavy atom. The van der Waals surface area contributed by atoms with E-state index in [1.54, 1.807) is 0 Å². The van der Waals surface area contributed by atoms with E-state index in [1.165, 1.54) is 32.0 Å². The fourth-order valence-corrected chi connectivity index (χ4v) is 3.76. The van der Waals surface area contributed by atoms with E-state index in [4.69, 9.17) is 9.47 Å². The van der Waals surface area contributed by atoms with Gasteiger partial charge in [0, 0.05) is 5.92 Å². The van der Waals surface area contributed by atoms with E-state index in [9.17, 15) is 27.6 Å². The first kappa shape index (κ1) is 22.4. The molecular weight excluding hydrogens is 423 g/mol. The molecule has 0 fully saturated rings. The number of aldehydes is 1. The van der Waals surface area contributed by atoms with Crippen LogP contribution in [0.25, 0.3) is 11.0 Å². The maximum Gasteiger partial charge on any atom is 0.429 e. The Balaban J connectivity index is 2.32. The minimum Gasteiger partial charge on any atom is -0.466 e. The van der Waals surface area contributed by atoms with E-state index in [0.29, 0.717) is 0 Å². The van der Waals surface area contributed by atoms with Gasteiger partial charge in [0.2, 0.25) is 0 Å². The van der Waals surface area contributed by atoms with Gasteiger partial charge in [-0.3, -0.25) is 14.6 Å². The second-order valence-corrected chi connectivity index (χ2v) is 6.65. The van der Waals surface area contributed by atoms with E-state index >= 15 is 0 Å². The number of ether oxygens (including phenoxy) is 2. The molecular formula is C19H18F3N3O6. The number of halogens is 3. The number of carbonyl (C=O) groups excluding carboxylic acids is 3. The van der Waals surface area contributed by atoms with Crippen LogP contribution in [0.1, 0.15) is 25.3 Å².